The molecular weight excluding hydrogens is 428 g/mol. The highest BCUT2D eigenvalue weighted by Crippen LogP contribution is 2.25. The zero-order valence-electron chi connectivity index (χ0n) is 19.1. The molecule has 7 nitrogen and oxygen atoms in total. The van der Waals surface area contributed by atoms with E-state index in [0.717, 1.165) is 54.1 Å². The lowest BCUT2D eigenvalue weighted by atomic mass is 10.1. The first-order valence-corrected chi connectivity index (χ1v) is 11.5. The number of imidazole rings is 1. The van der Waals surface area contributed by atoms with Crippen LogP contribution in [0.2, 0.25) is 0 Å². The van der Waals surface area contributed by atoms with Gasteiger partial charge in [-0.3, -0.25) is 4.98 Å². The average Bonchev–Trinajstić information content (AvgIpc) is 3.55. The molecule has 0 radical (unpaired) electrons. The van der Waals surface area contributed by atoms with E-state index < -0.39 is 0 Å². The van der Waals surface area contributed by atoms with Crippen molar-refractivity contribution in [2.24, 2.45) is 0 Å². The summed E-state index contributed by atoms with van der Waals surface area (Å²) < 4.78 is 19.4. The minimum absolute atomic E-state index is 0.162. The van der Waals surface area contributed by atoms with E-state index in [1.54, 1.807) is 18.6 Å². The highest BCUT2D eigenvalue weighted by atomic mass is 16.7. The summed E-state index contributed by atoms with van der Waals surface area (Å²) in [6.07, 6.45) is 10.0. The normalized spacial score (nSPS) is 16.6. The van der Waals surface area contributed by atoms with Gasteiger partial charge in [0.15, 0.2) is 12.1 Å². The van der Waals surface area contributed by atoms with E-state index in [1.165, 1.54) is 0 Å². The van der Waals surface area contributed by atoms with E-state index >= 15 is 0 Å². The zero-order valence-corrected chi connectivity index (χ0v) is 19.1. The maximum atomic E-state index is 6.08. The van der Waals surface area contributed by atoms with E-state index in [4.69, 9.17) is 14.0 Å². The van der Waals surface area contributed by atoms with Crippen LogP contribution in [-0.4, -0.2) is 32.6 Å². The van der Waals surface area contributed by atoms with Gasteiger partial charge in [-0.15, -0.1) is 0 Å². The summed E-state index contributed by atoms with van der Waals surface area (Å²) >= 11 is 0. The summed E-state index contributed by atoms with van der Waals surface area (Å²) in [6.45, 7) is 3.31. The Morgan fingerprint density at radius 2 is 2.00 bits per heavy atom. The molecule has 0 spiro atoms. The number of benzene rings is 1. The molecule has 1 aliphatic heterocycles. The lowest BCUT2D eigenvalue weighted by molar-refractivity contribution is -0.188. The van der Waals surface area contributed by atoms with Gasteiger partial charge in [0.1, 0.15) is 17.6 Å². The molecule has 5 rings (SSSR count). The van der Waals surface area contributed by atoms with Crippen LogP contribution in [0, 0.1) is 11.8 Å². The summed E-state index contributed by atoms with van der Waals surface area (Å²) in [5.41, 5.74) is 3.57. The second kappa shape index (κ2) is 10.5. The number of ether oxygens (including phenoxy) is 2. The molecular formula is C27H26N4O3. The van der Waals surface area contributed by atoms with E-state index in [2.05, 4.69) is 27.0 Å². The van der Waals surface area contributed by atoms with Gasteiger partial charge in [0, 0.05) is 54.2 Å². The minimum Gasteiger partial charge on any atom is -0.356 e. The Kier molecular flexibility index (Phi) is 6.80. The number of aromatic nitrogens is 4. The molecule has 0 bridgehead atoms. The number of rotatable bonds is 6. The van der Waals surface area contributed by atoms with Crippen molar-refractivity contribution < 1.29 is 14.0 Å². The molecule has 3 aromatic heterocycles. The number of hydrogen-bond acceptors (Lipinski definition) is 6. The Hall–Kier alpha value is -3.73. The molecule has 1 unspecified atom stereocenters. The highest BCUT2D eigenvalue weighted by Gasteiger charge is 2.21. The van der Waals surface area contributed by atoms with Gasteiger partial charge in [-0.25, -0.2) is 4.98 Å². The molecule has 0 N–H and O–H groups in total. The maximum Gasteiger partial charge on any atom is 0.167 e. The lowest BCUT2D eigenvalue weighted by Gasteiger charge is -2.26. The third-order valence-corrected chi connectivity index (χ3v) is 5.68. The second-order valence-electron chi connectivity index (χ2n) is 8.24. The molecule has 4 heterocycles. The van der Waals surface area contributed by atoms with Crippen molar-refractivity contribution in [1.82, 2.24) is 19.7 Å². The molecule has 1 aromatic carbocycles. The van der Waals surface area contributed by atoms with Gasteiger partial charge in [0.2, 0.25) is 0 Å². The molecule has 7 heteroatoms. The first-order valence-electron chi connectivity index (χ1n) is 11.5. The first kappa shape index (κ1) is 22.1. The molecule has 0 saturated carbocycles. The third kappa shape index (κ3) is 5.42. The number of nitrogens with zero attached hydrogens (tertiary/aromatic N) is 4. The maximum absolute atomic E-state index is 6.08. The summed E-state index contributed by atoms with van der Waals surface area (Å²) in [7, 11) is 0. The van der Waals surface area contributed by atoms with Crippen molar-refractivity contribution in [1.29, 1.82) is 0 Å². The molecule has 1 aliphatic rings. The first-order chi connectivity index (χ1) is 16.7. The van der Waals surface area contributed by atoms with Crippen molar-refractivity contribution >= 4 is 0 Å². The van der Waals surface area contributed by atoms with Gasteiger partial charge < -0.3 is 18.6 Å². The zero-order chi connectivity index (χ0) is 23.2. The Bertz CT molecular complexity index is 1260. The van der Waals surface area contributed by atoms with Gasteiger partial charge >= 0.3 is 0 Å². The van der Waals surface area contributed by atoms with E-state index in [9.17, 15) is 0 Å². The Balaban J connectivity index is 1.24. The predicted molar refractivity (Wildman–Crippen MR) is 127 cm³/mol. The molecule has 1 saturated heterocycles. The fraction of sp³-hybridized carbons (Fsp3) is 0.296. The topological polar surface area (TPSA) is 75.2 Å². The van der Waals surface area contributed by atoms with Crippen LogP contribution in [0.1, 0.15) is 54.9 Å². The standard InChI is InChI=1S/C27H26N4O3/c1-20(33-26-6-2-3-16-32-26)27-29-14-15-31(27)19-24-17-25(34-30-24)23-11-9-21(10-12-23)7-8-22-5-4-13-28-18-22/h4-5,9-15,17-18,20,26H,2-3,6,16,19H2,1H3/t20-,26?/m0/s1. The molecule has 34 heavy (non-hydrogen) atoms. The number of pyridine rings is 1. The van der Waals surface area contributed by atoms with Gasteiger partial charge in [-0.1, -0.05) is 17.0 Å². The van der Waals surface area contributed by atoms with Gasteiger partial charge in [-0.2, -0.15) is 0 Å². The van der Waals surface area contributed by atoms with Crippen molar-refractivity contribution in [3.8, 4) is 23.2 Å². The van der Waals surface area contributed by atoms with Crippen molar-refractivity contribution in [2.45, 2.75) is 45.1 Å². The molecule has 172 valence electrons. The largest absolute Gasteiger partial charge is 0.356 e. The van der Waals surface area contributed by atoms with E-state index in [0.29, 0.717) is 12.3 Å². The van der Waals surface area contributed by atoms with Crippen LogP contribution in [0.15, 0.2) is 71.8 Å². The average molecular weight is 455 g/mol. The van der Waals surface area contributed by atoms with Crippen LogP contribution < -0.4 is 0 Å². The highest BCUT2D eigenvalue weighted by molar-refractivity contribution is 5.59. The molecule has 0 amide bonds. The van der Waals surface area contributed by atoms with E-state index in [-0.39, 0.29) is 12.4 Å². The predicted octanol–water partition coefficient (Wildman–Crippen LogP) is 4.99. The van der Waals surface area contributed by atoms with Gasteiger partial charge in [0.05, 0.1) is 6.54 Å². The smallest absolute Gasteiger partial charge is 0.167 e. The fourth-order valence-electron chi connectivity index (χ4n) is 3.92. The Labute approximate surface area is 198 Å². The monoisotopic (exact) mass is 454 g/mol. The van der Waals surface area contributed by atoms with Gasteiger partial charge in [-0.05, 0) is 62.6 Å². The molecule has 2 atom stereocenters. The summed E-state index contributed by atoms with van der Waals surface area (Å²) in [5, 5.41) is 4.26. The fourth-order valence-corrected chi connectivity index (χ4v) is 3.92. The molecule has 0 aliphatic carbocycles. The summed E-state index contributed by atoms with van der Waals surface area (Å²) in [6, 6.07) is 13.7. The Morgan fingerprint density at radius 1 is 1.12 bits per heavy atom. The van der Waals surface area contributed by atoms with Crippen molar-refractivity contribution in [3.63, 3.8) is 0 Å². The Morgan fingerprint density at radius 3 is 2.79 bits per heavy atom. The number of hydrogen-bond donors (Lipinski definition) is 0. The molecule has 1 fully saturated rings. The SMILES string of the molecule is C[C@H](OC1CCCCO1)c1nccn1Cc1cc(-c2ccc(C#Cc3cccnc3)cc2)on1. The van der Waals surface area contributed by atoms with Crippen LogP contribution in [-0.2, 0) is 16.0 Å². The quantitative estimate of drug-likeness (QED) is 0.382. The summed E-state index contributed by atoms with van der Waals surface area (Å²) in [5.74, 6) is 7.82. The van der Waals surface area contributed by atoms with Crippen molar-refractivity contribution in [2.75, 3.05) is 6.61 Å². The summed E-state index contributed by atoms with van der Waals surface area (Å²) in [4.78, 5) is 8.58. The van der Waals surface area contributed by atoms with E-state index in [1.807, 2.05) is 60.2 Å². The third-order valence-electron chi connectivity index (χ3n) is 5.68. The van der Waals surface area contributed by atoms with Gasteiger partial charge in [0.25, 0.3) is 0 Å². The van der Waals surface area contributed by atoms with Crippen LogP contribution in [0.25, 0.3) is 11.3 Å². The van der Waals surface area contributed by atoms with Crippen LogP contribution >= 0.6 is 0 Å². The van der Waals surface area contributed by atoms with Crippen LogP contribution in [0.4, 0.5) is 0 Å². The second-order valence-corrected chi connectivity index (χ2v) is 8.24. The van der Waals surface area contributed by atoms with Crippen LogP contribution in [0.3, 0.4) is 0 Å². The van der Waals surface area contributed by atoms with Crippen LogP contribution in [0.5, 0.6) is 0 Å². The minimum atomic E-state index is -0.176. The van der Waals surface area contributed by atoms with Crippen molar-refractivity contribution in [3.05, 3.63) is 89.9 Å². The lowest BCUT2D eigenvalue weighted by Crippen LogP contribution is -2.24. The molecule has 4 aromatic rings.